The smallest absolute Gasteiger partial charge is 0.226 e. The van der Waals surface area contributed by atoms with Gasteiger partial charge in [0.1, 0.15) is 5.65 Å². The van der Waals surface area contributed by atoms with Crippen LogP contribution in [0.15, 0.2) is 19.0 Å². The highest BCUT2D eigenvalue weighted by Gasteiger charge is 2.25. The van der Waals surface area contributed by atoms with Gasteiger partial charge in [-0.1, -0.05) is 20.4 Å². The molecule has 142 valence electrons. The Hall–Kier alpha value is -2.05. The Balaban J connectivity index is 0.00000243. The molecule has 7 heteroatoms. The molecule has 0 radical (unpaired) electrons. The Morgan fingerprint density at radius 3 is 2.85 bits per heavy atom. The van der Waals surface area contributed by atoms with Gasteiger partial charge in [0.25, 0.3) is 0 Å². The molecule has 26 heavy (non-hydrogen) atoms. The Labute approximate surface area is 160 Å². The minimum atomic E-state index is -0.0888. The molecule has 1 aliphatic rings. The largest absolute Gasteiger partial charge is 0.369 e. The maximum atomic E-state index is 12.2. The van der Waals surface area contributed by atoms with Gasteiger partial charge in [-0.15, -0.1) is 12.4 Å². The number of rotatable bonds is 4. The van der Waals surface area contributed by atoms with Crippen molar-refractivity contribution in [2.75, 3.05) is 23.3 Å². The molecule has 4 N–H and O–H groups in total. The van der Waals surface area contributed by atoms with Crippen molar-refractivity contribution in [3.05, 3.63) is 24.5 Å². The molecule has 0 aromatic carbocycles. The summed E-state index contributed by atoms with van der Waals surface area (Å²) in [7, 11) is 0. The number of H-pyrrole nitrogens is 1. The highest BCUT2D eigenvalue weighted by atomic mass is 35.5. The number of pyridine rings is 1. The standard InChI is InChI=1S/C19H27N5O.ClH/c1-11(2)14-8-21-18-16(15(9-22-18)23-19(25)12(3)4)17(14)24-7-5-6-13(20)10-24;/h8-9,12-13H,1,5-7,10,20H2,2-4H3,(H,21,22)(H,23,25);1H. The lowest BCUT2D eigenvalue weighted by molar-refractivity contribution is -0.118. The molecule has 3 rings (SSSR count). The summed E-state index contributed by atoms with van der Waals surface area (Å²) >= 11 is 0. The van der Waals surface area contributed by atoms with Gasteiger partial charge in [-0.2, -0.15) is 0 Å². The van der Waals surface area contributed by atoms with Crippen molar-refractivity contribution in [1.82, 2.24) is 9.97 Å². The van der Waals surface area contributed by atoms with E-state index in [1.165, 1.54) is 0 Å². The minimum absolute atomic E-state index is 0. The molecule has 0 bridgehead atoms. The molecule has 2 aromatic heterocycles. The minimum Gasteiger partial charge on any atom is -0.369 e. The van der Waals surface area contributed by atoms with E-state index in [0.717, 1.165) is 59.5 Å². The summed E-state index contributed by atoms with van der Waals surface area (Å²) in [5.74, 6) is -0.1000. The Bertz CT molecular complexity index is 814. The SMILES string of the molecule is C=C(C)c1cnc2[nH]cc(NC(=O)C(C)C)c2c1N1CCCC(N)C1.Cl. The quantitative estimate of drug-likeness (QED) is 0.760. The number of amides is 1. The van der Waals surface area contributed by atoms with E-state index in [2.05, 4.69) is 26.8 Å². The van der Waals surface area contributed by atoms with E-state index in [9.17, 15) is 4.79 Å². The van der Waals surface area contributed by atoms with Crippen molar-refractivity contribution < 1.29 is 4.79 Å². The number of aromatic nitrogens is 2. The van der Waals surface area contributed by atoms with Gasteiger partial charge in [0.2, 0.25) is 5.91 Å². The fourth-order valence-electron chi connectivity index (χ4n) is 3.31. The molecule has 1 fully saturated rings. The second kappa shape index (κ2) is 8.10. The van der Waals surface area contributed by atoms with Gasteiger partial charge in [-0.05, 0) is 25.3 Å². The number of nitrogens with two attached hydrogens (primary N) is 1. The summed E-state index contributed by atoms with van der Waals surface area (Å²) in [6, 6.07) is 0.155. The number of hydrogen-bond acceptors (Lipinski definition) is 4. The van der Waals surface area contributed by atoms with E-state index in [-0.39, 0.29) is 30.3 Å². The van der Waals surface area contributed by atoms with Gasteiger partial charge in [0, 0.05) is 43.0 Å². The lowest BCUT2D eigenvalue weighted by Gasteiger charge is -2.34. The third-order valence-corrected chi connectivity index (χ3v) is 4.69. The second-order valence-electron chi connectivity index (χ2n) is 7.22. The van der Waals surface area contributed by atoms with E-state index in [1.807, 2.05) is 33.2 Å². The number of halogens is 1. The Morgan fingerprint density at radius 1 is 1.50 bits per heavy atom. The first-order valence-electron chi connectivity index (χ1n) is 8.85. The van der Waals surface area contributed by atoms with Crippen LogP contribution in [-0.4, -0.2) is 35.0 Å². The highest BCUT2D eigenvalue weighted by Crippen LogP contribution is 2.38. The molecule has 1 amide bonds. The zero-order valence-corrected chi connectivity index (χ0v) is 16.4. The fourth-order valence-corrected chi connectivity index (χ4v) is 3.31. The monoisotopic (exact) mass is 377 g/mol. The summed E-state index contributed by atoms with van der Waals surface area (Å²) in [4.78, 5) is 22.2. The summed E-state index contributed by atoms with van der Waals surface area (Å²) in [6.45, 7) is 11.6. The van der Waals surface area contributed by atoms with Gasteiger partial charge in [-0.3, -0.25) is 4.79 Å². The summed E-state index contributed by atoms with van der Waals surface area (Å²) in [6.07, 6.45) is 5.76. The van der Waals surface area contributed by atoms with Crippen LogP contribution in [0.2, 0.25) is 0 Å². The number of anilines is 2. The van der Waals surface area contributed by atoms with Crippen molar-refractivity contribution in [3.8, 4) is 0 Å². The molecule has 0 saturated carbocycles. The number of nitrogens with zero attached hydrogens (tertiary/aromatic N) is 2. The maximum Gasteiger partial charge on any atom is 0.226 e. The fraction of sp³-hybridized carbons (Fsp3) is 0.474. The van der Waals surface area contributed by atoms with Crippen LogP contribution in [0.3, 0.4) is 0 Å². The topological polar surface area (TPSA) is 87.0 Å². The van der Waals surface area contributed by atoms with E-state index < -0.39 is 0 Å². The lowest BCUT2D eigenvalue weighted by Crippen LogP contribution is -2.43. The van der Waals surface area contributed by atoms with Gasteiger partial charge in [0.15, 0.2) is 0 Å². The van der Waals surface area contributed by atoms with E-state index in [0.29, 0.717) is 0 Å². The molecule has 3 heterocycles. The molecule has 6 nitrogen and oxygen atoms in total. The van der Waals surface area contributed by atoms with Crippen molar-refractivity contribution in [2.24, 2.45) is 11.7 Å². The van der Waals surface area contributed by atoms with E-state index >= 15 is 0 Å². The maximum absolute atomic E-state index is 12.2. The number of carbonyl (C=O) groups excluding carboxylic acids is 1. The predicted octanol–water partition coefficient (Wildman–Crippen LogP) is 3.54. The van der Waals surface area contributed by atoms with Gasteiger partial charge in [0.05, 0.1) is 16.8 Å². The van der Waals surface area contributed by atoms with Crippen LogP contribution in [0.25, 0.3) is 16.6 Å². The number of fused-ring (bicyclic) bond motifs is 1. The highest BCUT2D eigenvalue weighted by molar-refractivity contribution is 6.09. The molecular weight excluding hydrogens is 350 g/mol. The number of aromatic amines is 1. The van der Waals surface area contributed by atoms with Crippen molar-refractivity contribution in [1.29, 1.82) is 0 Å². The first-order valence-corrected chi connectivity index (χ1v) is 8.85. The molecule has 2 aromatic rings. The first kappa shape index (κ1) is 20.3. The van der Waals surface area contributed by atoms with Crippen LogP contribution in [0, 0.1) is 5.92 Å². The number of carbonyl (C=O) groups is 1. The predicted molar refractivity (Wildman–Crippen MR) is 111 cm³/mol. The van der Waals surface area contributed by atoms with Gasteiger partial charge >= 0.3 is 0 Å². The van der Waals surface area contributed by atoms with Crippen LogP contribution in [0.1, 0.15) is 39.2 Å². The molecule has 0 aliphatic carbocycles. The van der Waals surface area contributed by atoms with Gasteiger partial charge in [-0.25, -0.2) is 4.98 Å². The molecule has 0 spiro atoms. The first-order chi connectivity index (χ1) is 11.9. The molecule has 1 aliphatic heterocycles. The second-order valence-corrected chi connectivity index (χ2v) is 7.22. The zero-order chi connectivity index (χ0) is 18.1. The van der Waals surface area contributed by atoms with Crippen LogP contribution in [-0.2, 0) is 4.79 Å². The zero-order valence-electron chi connectivity index (χ0n) is 15.6. The van der Waals surface area contributed by atoms with E-state index in [1.54, 1.807) is 0 Å². The Morgan fingerprint density at radius 2 is 2.23 bits per heavy atom. The Kier molecular flexibility index (Phi) is 6.31. The van der Waals surface area contributed by atoms with Crippen molar-refractivity contribution in [2.45, 2.75) is 39.7 Å². The normalized spacial score (nSPS) is 17.3. The van der Waals surface area contributed by atoms with Crippen LogP contribution in [0.5, 0.6) is 0 Å². The van der Waals surface area contributed by atoms with Crippen LogP contribution < -0.4 is 16.0 Å². The number of allylic oxidation sites excluding steroid dienone is 1. The molecule has 1 atom stereocenters. The van der Waals surface area contributed by atoms with Crippen LogP contribution >= 0.6 is 12.4 Å². The summed E-state index contributed by atoms with van der Waals surface area (Å²) in [5.41, 5.74) is 10.7. The third-order valence-electron chi connectivity index (χ3n) is 4.69. The number of piperidine rings is 1. The van der Waals surface area contributed by atoms with Gasteiger partial charge < -0.3 is 20.9 Å². The molecule has 1 saturated heterocycles. The average molecular weight is 378 g/mol. The molecular formula is C19H28ClN5O. The summed E-state index contributed by atoms with van der Waals surface area (Å²) in [5, 5.41) is 3.96. The molecule has 1 unspecified atom stereocenters. The van der Waals surface area contributed by atoms with Crippen molar-refractivity contribution in [3.63, 3.8) is 0 Å². The third kappa shape index (κ3) is 3.86. The van der Waals surface area contributed by atoms with Crippen LogP contribution in [0.4, 0.5) is 11.4 Å². The van der Waals surface area contributed by atoms with E-state index in [4.69, 9.17) is 5.73 Å². The number of nitrogens with one attached hydrogen (secondary N) is 2. The van der Waals surface area contributed by atoms with Crippen molar-refractivity contribution >= 4 is 46.3 Å². The average Bonchev–Trinajstić information content (AvgIpc) is 2.96. The lowest BCUT2D eigenvalue weighted by atomic mass is 10.0. The summed E-state index contributed by atoms with van der Waals surface area (Å²) < 4.78 is 0. The number of hydrogen-bond donors (Lipinski definition) is 3.